The largest absolute Gasteiger partial charge is 0.457 e. The Bertz CT molecular complexity index is 885. The van der Waals surface area contributed by atoms with Crippen molar-refractivity contribution in [3.8, 4) is 11.5 Å². The third kappa shape index (κ3) is 4.03. The number of carbonyl (C=O) groups excluding carboxylic acids is 1. The lowest BCUT2D eigenvalue weighted by atomic mass is 9.89. The van der Waals surface area contributed by atoms with Gasteiger partial charge in [0.15, 0.2) is 0 Å². The summed E-state index contributed by atoms with van der Waals surface area (Å²) < 4.78 is 5.96. The van der Waals surface area contributed by atoms with Crippen LogP contribution >= 0.6 is 0 Å². The Morgan fingerprint density at radius 2 is 1.37 bits per heavy atom. The van der Waals surface area contributed by atoms with Gasteiger partial charge >= 0.3 is 0 Å². The van der Waals surface area contributed by atoms with Crippen LogP contribution in [-0.2, 0) is 0 Å². The summed E-state index contributed by atoms with van der Waals surface area (Å²) in [5.41, 5.74) is 2.00. The predicted octanol–water partition coefficient (Wildman–Crippen LogP) is 5.50. The quantitative estimate of drug-likeness (QED) is 0.617. The molecule has 1 aliphatic rings. The normalized spacial score (nSPS) is 14.7. The molecule has 3 aromatic carbocycles. The maximum Gasteiger partial charge on any atom is 0.257 e. The van der Waals surface area contributed by atoms with Crippen molar-refractivity contribution in [3.63, 3.8) is 0 Å². The monoisotopic (exact) mass is 357 g/mol. The van der Waals surface area contributed by atoms with Crippen molar-refractivity contribution < 1.29 is 9.53 Å². The molecular formula is C24H23NO2. The minimum atomic E-state index is 0.0491. The molecule has 136 valence electrons. The fourth-order valence-corrected chi connectivity index (χ4v) is 3.66. The molecule has 0 aromatic heterocycles. The third-order valence-electron chi connectivity index (χ3n) is 5.14. The molecule has 3 heteroatoms. The van der Waals surface area contributed by atoms with Crippen LogP contribution in [0.3, 0.4) is 0 Å². The number of ether oxygens (including phenoxy) is 1. The molecule has 1 heterocycles. The molecule has 0 unspecified atom stereocenters. The molecule has 0 N–H and O–H groups in total. The Labute approximate surface area is 160 Å². The molecule has 3 nitrogen and oxygen atoms in total. The van der Waals surface area contributed by atoms with Crippen molar-refractivity contribution in [3.05, 3.63) is 96.1 Å². The smallest absolute Gasteiger partial charge is 0.257 e. The van der Waals surface area contributed by atoms with Crippen LogP contribution in [0.15, 0.2) is 84.9 Å². The number of likely N-dealkylation sites (tertiary alicyclic amines) is 1. The fraction of sp³-hybridized carbons (Fsp3) is 0.208. The van der Waals surface area contributed by atoms with Gasteiger partial charge in [0.05, 0.1) is 5.56 Å². The number of rotatable bonds is 4. The first-order chi connectivity index (χ1) is 13.3. The van der Waals surface area contributed by atoms with Crippen molar-refractivity contribution in [1.29, 1.82) is 0 Å². The van der Waals surface area contributed by atoms with Gasteiger partial charge in [-0.3, -0.25) is 4.79 Å². The van der Waals surface area contributed by atoms with Crippen molar-refractivity contribution in [2.45, 2.75) is 18.8 Å². The Balaban J connectivity index is 1.46. The van der Waals surface area contributed by atoms with E-state index in [0.717, 1.165) is 31.7 Å². The van der Waals surface area contributed by atoms with E-state index < -0.39 is 0 Å². The van der Waals surface area contributed by atoms with E-state index in [1.165, 1.54) is 5.56 Å². The number of amides is 1. The highest BCUT2D eigenvalue weighted by molar-refractivity contribution is 5.97. The van der Waals surface area contributed by atoms with Gasteiger partial charge in [-0.15, -0.1) is 0 Å². The maximum atomic E-state index is 13.1. The van der Waals surface area contributed by atoms with Crippen molar-refractivity contribution in [1.82, 2.24) is 4.90 Å². The number of piperidine rings is 1. The highest BCUT2D eigenvalue weighted by atomic mass is 16.5. The first kappa shape index (κ1) is 17.3. The van der Waals surface area contributed by atoms with E-state index in [9.17, 15) is 4.79 Å². The molecule has 27 heavy (non-hydrogen) atoms. The number of benzene rings is 3. The van der Waals surface area contributed by atoms with Gasteiger partial charge in [-0.1, -0.05) is 60.7 Å². The van der Waals surface area contributed by atoms with Crippen LogP contribution in [0, 0.1) is 0 Å². The molecule has 4 rings (SSSR count). The summed E-state index contributed by atoms with van der Waals surface area (Å²) in [7, 11) is 0. The van der Waals surface area contributed by atoms with Gasteiger partial charge in [0, 0.05) is 13.1 Å². The van der Waals surface area contributed by atoms with Crippen LogP contribution in [0.4, 0.5) is 0 Å². The minimum Gasteiger partial charge on any atom is -0.457 e. The number of para-hydroxylation sites is 2. The SMILES string of the molecule is O=C(c1ccccc1Oc1ccccc1)N1CCC(c2ccccc2)CC1. The van der Waals surface area contributed by atoms with E-state index in [1.807, 2.05) is 65.6 Å². The number of hydrogen-bond acceptors (Lipinski definition) is 2. The first-order valence-electron chi connectivity index (χ1n) is 9.47. The Morgan fingerprint density at radius 1 is 0.778 bits per heavy atom. The molecule has 0 atom stereocenters. The summed E-state index contributed by atoms with van der Waals surface area (Å²) in [6.45, 7) is 1.55. The highest BCUT2D eigenvalue weighted by Crippen LogP contribution is 2.31. The molecule has 0 radical (unpaired) electrons. The second kappa shape index (κ2) is 8.09. The fourth-order valence-electron chi connectivity index (χ4n) is 3.66. The van der Waals surface area contributed by atoms with Gasteiger partial charge in [-0.05, 0) is 48.6 Å². The Morgan fingerprint density at radius 3 is 2.07 bits per heavy atom. The van der Waals surface area contributed by atoms with Crippen LogP contribution in [0.25, 0.3) is 0 Å². The molecule has 3 aromatic rings. The molecule has 1 amide bonds. The van der Waals surface area contributed by atoms with Gasteiger partial charge in [-0.25, -0.2) is 0 Å². The lowest BCUT2D eigenvalue weighted by Gasteiger charge is -2.32. The maximum absolute atomic E-state index is 13.1. The Hall–Kier alpha value is -3.07. The zero-order valence-corrected chi connectivity index (χ0v) is 15.3. The van der Waals surface area contributed by atoms with Crippen molar-refractivity contribution in [2.24, 2.45) is 0 Å². The Kier molecular flexibility index (Phi) is 5.20. The predicted molar refractivity (Wildman–Crippen MR) is 107 cm³/mol. The first-order valence-corrected chi connectivity index (χ1v) is 9.47. The summed E-state index contributed by atoms with van der Waals surface area (Å²) >= 11 is 0. The van der Waals surface area contributed by atoms with Gasteiger partial charge in [-0.2, -0.15) is 0 Å². The average molecular weight is 357 g/mol. The molecule has 1 saturated heterocycles. The van der Waals surface area contributed by atoms with Crippen LogP contribution in [0.1, 0.15) is 34.7 Å². The topological polar surface area (TPSA) is 29.5 Å². The number of nitrogens with zero attached hydrogens (tertiary/aromatic N) is 1. The van der Waals surface area contributed by atoms with Gasteiger partial charge in [0.2, 0.25) is 0 Å². The van der Waals surface area contributed by atoms with Crippen LogP contribution < -0.4 is 4.74 Å². The van der Waals surface area contributed by atoms with E-state index in [0.29, 0.717) is 17.2 Å². The number of hydrogen-bond donors (Lipinski definition) is 0. The summed E-state index contributed by atoms with van der Waals surface area (Å²) in [5, 5.41) is 0. The van der Waals surface area contributed by atoms with E-state index >= 15 is 0 Å². The molecule has 0 spiro atoms. The second-order valence-electron chi connectivity index (χ2n) is 6.89. The van der Waals surface area contributed by atoms with Gasteiger partial charge in [0.25, 0.3) is 5.91 Å². The van der Waals surface area contributed by atoms with Crippen LogP contribution in [0.2, 0.25) is 0 Å². The standard InChI is InChI=1S/C24H23NO2/c26-24(25-17-15-20(16-18-25)19-9-3-1-4-10-19)22-13-7-8-14-23(22)27-21-11-5-2-6-12-21/h1-14,20H,15-18H2. The molecule has 0 aliphatic carbocycles. The average Bonchev–Trinajstić information content (AvgIpc) is 2.75. The van der Waals surface area contributed by atoms with E-state index in [4.69, 9.17) is 4.74 Å². The molecule has 0 saturated carbocycles. The van der Waals surface area contributed by atoms with E-state index in [-0.39, 0.29) is 5.91 Å². The molecule has 0 bridgehead atoms. The van der Waals surface area contributed by atoms with Crippen LogP contribution in [-0.4, -0.2) is 23.9 Å². The lowest BCUT2D eigenvalue weighted by molar-refractivity contribution is 0.0710. The molecule has 1 aliphatic heterocycles. The molecule has 1 fully saturated rings. The van der Waals surface area contributed by atoms with Crippen molar-refractivity contribution >= 4 is 5.91 Å². The molecular weight excluding hydrogens is 334 g/mol. The summed E-state index contributed by atoms with van der Waals surface area (Å²) in [6.07, 6.45) is 1.99. The van der Waals surface area contributed by atoms with Crippen molar-refractivity contribution in [2.75, 3.05) is 13.1 Å². The zero-order chi connectivity index (χ0) is 18.5. The summed E-state index contributed by atoms with van der Waals surface area (Å²) in [5.74, 6) is 1.93. The zero-order valence-electron chi connectivity index (χ0n) is 15.3. The summed E-state index contributed by atoms with van der Waals surface area (Å²) in [6, 6.07) is 27.7. The van der Waals surface area contributed by atoms with Gasteiger partial charge in [0.1, 0.15) is 11.5 Å². The van der Waals surface area contributed by atoms with E-state index in [2.05, 4.69) is 24.3 Å². The second-order valence-corrected chi connectivity index (χ2v) is 6.89. The van der Waals surface area contributed by atoms with Gasteiger partial charge < -0.3 is 9.64 Å². The lowest BCUT2D eigenvalue weighted by Crippen LogP contribution is -2.38. The summed E-state index contributed by atoms with van der Waals surface area (Å²) in [4.78, 5) is 15.1. The highest BCUT2D eigenvalue weighted by Gasteiger charge is 2.26. The van der Waals surface area contributed by atoms with Crippen LogP contribution in [0.5, 0.6) is 11.5 Å². The third-order valence-corrected chi connectivity index (χ3v) is 5.14. The minimum absolute atomic E-state index is 0.0491. The van der Waals surface area contributed by atoms with E-state index in [1.54, 1.807) is 0 Å². The number of carbonyl (C=O) groups is 1.